The Bertz CT molecular complexity index is 503. The van der Waals surface area contributed by atoms with Gasteiger partial charge in [-0.3, -0.25) is 4.79 Å². The number of amides is 1. The maximum absolute atomic E-state index is 11.7. The van der Waals surface area contributed by atoms with Crippen LogP contribution < -0.4 is 9.64 Å². The van der Waals surface area contributed by atoms with Gasteiger partial charge in [-0.1, -0.05) is 6.92 Å². The second-order valence-corrected chi connectivity index (χ2v) is 5.46. The van der Waals surface area contributed by atoms with Crippen LogP contribution in [0.2, 0.25) is 0 Å². The fraction of sp³-hybridized carbons (Fsp3) is 0.333. The minimum Gasteiger partial charge on any atom is -0.497 e. The number of carboxylic acid groups (broad SMARTS) is 1. The summed E-state index contributed by atoms with van der Waals surface area (Å²) < 4.78 is 5.10. The van der Waals surface area contributed by atoms with Gasteiger partial charge in [-0.25, -0.2) is 4.79 Å². The first-order valence-corrected chi connectivity index (χ1v) is 6.30. The second-order valence-electron chi connectivity index (χ2n) is 3.98. The van der Waals surface area contributed by atoms with E-state index < -0.39 is 11.9 Å². The fourth-order valence-corrected chi connectivity index (χ4v) is 2.95. The van der Waals surface area contributed by atoms with E-state index in [4.69, 9.17) is 9.84 Å². The van der Waals surface area contributed by atoms with Gasteiger partial charge < -0.3 is 14.7 Å². The Labute approximate surface area is 109 Å². The third-order valence-electron chi connectivity index (χ3n) is 2.65. The van der Waals surface area contributed by atoms with Crippen molar-refractivity contribution in [1.82, 2.24) is 0 Å². The first-order valence-electron chi connectivity index (χ1n) is 5.42. The zero-order valence-corrected chi connectivity index (χ0v) is 10.9. The molecule has 0 aliphatic carbocycles. The van der Waals surface area contributed by atoms with Gasteiger partial charge in [0.25, 0.3) is 0 Å². The molecule has 1 aromatic carbocycles. The number of fused-ring (bicyclic) bond motifs is 1. The maximum Gasteiger partial charge on any atom is 0.394 e. The van der Waals surface area contributed by atoms with E-state index in [2.05, 4.69) is 0 Å². The minimum atomic E-state index is -1.44. The van der Waals surface area contributed by atoms with E-state index in [1.807, 2.05) is 13.0 Å². The number of nitrogens with zero attached hydrogens (tertiary/aromatic N) is 1. The van der Waals surface area contributed by atoms with Gasteiger partial charge in [0.05, 0.1) is 12.8 Å². The van der Waals surface area contributed by atoms with Crippen molar-refractivity contribution in [2.75, 3.05) is 18.6 Å². The van der Waals surface area contributed by atoms with Gasteiger partial charge in [-0.05, 0) is 12.1 Å². The zero-order valence-electron chi connectivity index (χ0n) is 10.0. The van der Waals surface area contributed by atoms with Crippen molar-refractivity contribution in [2.45, 2.75) is 17.1 Å². The van der Waals surface area contributed by atoms with Crippen LogP contribution in [-0.2, 0) is 9.59 Å². The lowest BCUT2D eigenvalue weighted by Gasteiger charge is -2.31. The normalized spacial score (nSPS) is 18.1. The van der Waals surface area contributed by atoms with Gasteiger partial charge in [-0.2, -0.15) is 0 Å². The number of hydrogen-bond donors (Lipinski definition) is 1. The molecule has 1 N–H and O–H groups in total. The quantitative estimate of drug-likeness (QED) is 0.783. The molecule has 1 atom stereocenters. The summed E-state index contributed by atoms with van der Waals surface area (Å²) in [6.07, 6.45) is 0. The van der Waals surface area contributed by atoms with Crippen LogP contribution >= 0.6 is 11.8 Å². The van der Waals surface area contributed by atoms with Crippen LogP contribution in [0.1, 0.15) is 6.92 Å². The fourth-order valence-electron chi connectivity index (χ4n) is 1.85. The molecule has 2 rings (SSSR count). The summed E-state index contributed by atoms with van der Waals surface area (Å²) in [5, 5.41) is 9.00. The number of anilines is 1. The molecule has 1 amide bonds. The van der Waals surface area contributed by atoms with E-state index in [0.717, 1.165) is 4.90 Å². The molecule has 0 saturated carbocycles. The third-order valence-corrected chi connectivity index (χ3v) is 3.80. The highest BCUT2D eigenvalue weighted by Gasteiger charge is 2.30. The van der Waals surface area contributed by atoms with Crippen molar-refractivity contribution < 1.29 is 19.4 Å². The number of thioether (sulfide) groups is 1. The molecule has 96 valence electrons. The Hall–Kier alpha value is -1.69. The Morgan fingerprint density at radius 2 is 2.22 bits per heavy atom. The SMILES string of the molecule is COc1ccc2c(c1)N(C(=O)C(=O)O)CC(C)S2. The Balaban J connectivity index is 2.45. The summed E-state index contributed by atoms with van der Waals surface area (Å²) in [4.78, 5) is 24.7. The molecule has 0 bridgehead atoms. The van der Waals surface area contributed by atoms with Gasteiger partial charge in [0.2, 0.25) is 0 Å². The lowest BCUT2D eigenvalue weighted by Crippen LogP contribution is -2.42. The van der Waals surface area contributed by atoms with Crippen LogP contribution in [0.4, 0.5) is 5.69 Å². The van der Waals surface area contributed by atoms with Gasteiger partial charge in [0, 0.05) is 22.8 Å². The van der Waals surface area contributed by atoms with E-state index >= 15 is 0 Å². The summed E-state index contributed by atoms with van der Waals surface area (Å²) in [6, 6.07) is 5.33. The molecule has 18 heavy (non-hydrogen) atoms. The van der Waals surface area contributed by atoms with Crippen LogP contribution in [0.5, 0.6) is 5.75 Å². The summed E-state index contributed by atoms with van der Waals surface area (Å²) in [5.74, 6) is -1.74. The first-order chi connectivity index (χ1) is 8.52. The molecule has 1 heterocycles. The predicted octanol–water partition coefficient (Wildman–Crippen LogP) is 1.61. The van der Waals surface area contributed by atoms with Crippen LogP contribution in [0, 0.1) is 0 Å². The molecule has 0 fully saturated rings. The van der Waals surface area contributed by atoms with E-state index in [9.17, 15) is 9.59 Å². The molecule has 1 aromatic rings. The predicted molar refractivity (Wildman–Crippen MR) is 68.3 cm³/mol. The number of carbonyl (C=O) groups excluding carboxylic acids is 1. The lowest BCUT2D eigenvalue weighted by molar-refractivity contribution is -0.148. The van der Waals surface area contributed by atoms with Crippen LogP contribution in [0.3, 0.4) is 0 Å². The smallest absolute Gasteiger partial charge is 0.394 e. The van der Waals surface area contributed by atoms with E-state index in [0.29, 0.717) is 18.0 Å². The Kier molecular flexibility index (Phi) is 3.47. The van der Waals surface area contributed by atoms with Gasteiger partial charge >= 0.3 is 11.9 Å². The molecule has 0 saturated heterocycles. The standard InChI is InChI=1S/C12H13NO4S/c1-7-6-13(11(14)12(15)16)9-5-8(17-2)3-4-10(9)18-7/h3-5,7H,6H2,1-2H3,(H,15,16). The molecule has 5 nitrogen and oxygen atoms in total. The molecule has 0 radical (unpaired) electrons. The summed E-state index contributed by atoms with van der Waals surface area (Å²) >= 11 is 1.62. The summed E-state index contributed by atoms with van der Waals surface area (Å²) in [7, 11) is 1.53. The molecule has 1 aliphatic rings. The van der Waals surface area contributed by atoms with E-state index in [1.165, 1.54) is 12.0 Å². The number of carbonyl (C=O) groups is 2. The number of hydrogen-bond acceptors (Lipinski definition) is 4. The Morgan fingerprint density at radius 1 is 1.50 bits per heavy atom. The van der Waals surface area contributed by atoms with Gasteiger partial charge in [-0.15, -0.1) is 11.8 Å². The van der Waals surface area contributed by atoms with Crippen molar-refractivity contribution >= 4 is 29.3 Å². The number of aliphatic carboxylic acids is 1. The van der Waals surface area contributed by atoms with Gasteiger partial charge in [0.1, 0.15) is 5.75 Å². The molecule has 6 heteroatoms. The number of ether oxygens (including phenoxy) is 1. The third kappa shape index (κ3) is 2.28. The Morgan fingerprint density at radius 3 is 2.83 bits per heavy atom. The zero-order chi connectivity index (χ0) is 13.3. The molecule has 0 aromatic heterocycles. The number of methoxy groups -OCH3 is 1. The topological polar surface area (TPSA) is 66.8 Å². The van der Waals surface area contributed by atoms with E-state index in [1.54, 1.807) is 23.9 Å². The molecule has 1 unspecified atom stereocenters. The first kappa shape index (κ1) is 12.8. The van der Waals surface area contributed by atoms with Crippen molar-refractivity contribution in [3.05, 3.63) is 18.2 Å². The van der Waals surface area contributed by atoms with E-state index in [-0.39, 0.29) is 5.25 Å². The summed E-state index contributed by atoms with van der Waals surface area (Å²) in [5.41, 5.74) is 0.602. The number of benzene rings is 1. The van der Waals surface area contributed by atoms with Gasteiger partial charge in [0.15, 0.2) is 0 Å². The number of carboxylic acids is 1. The molecular formula is C12H13NO4S. The average molecular weight is 267 g/mol. The molecule has 0 spiro atoms. The second kappa shape index (κ2) is 4.89. The van der Waals surface area contributed by atoms with Crippen molar-refractivity contribution in [3.8, 4) is 5.75 Å². The van der Waals surface area contributed by atoms with Crippen molar-refractivity contribution in [2.24, 2.45) is 0 Å². The van der Waals surface area contributed by atoms with Crippen molar-refractivity contribution in [1.29, 1.82) is 0 Å². The molecule has 1 aliphatic heterocycles. The van der Waals surface area contributed by atoms with Crippen molar-refractivity contribution in [3.63, 3.8) is 0 Å². The van der Waals surface area contributed by atoms with Crippen LogP contribution in [-0.4, -0.2) is 35.9 Å². The monoisotopic (exact) mass is 267 g/mol. The summed E-state index contributed by atoms with van der Waals surface area (Å²) in [6.45, 7) is 2.34. The highest BCUT2D eigenvalue weighted by molar-refractivity contribution is 8.00. The van der Waals surface area contributed by atoms with Crippen LogP contribution in [0.15, 0.2) is 23.1 Å². The average Bonchev–Trinajstić information content (AvgIpc) is 2.36. The molecular weight excluding hydrogens is 254 g/mol. The maximum atomic E-state index is 11.7. The van der Waals surface area contributed by atoms with Crippen LogP contribution in [0.25, 0.3) is 0 Å². The lowest BCUT2D eigenvalue weighted by atomic mass is 10.2. The minimum absolute atomic E-state index is 0.161. The number of rotatable bonds is 1. The highest BCUT2D eigenvalue weighted by Crippen LogP contribution is 2.40. The largest absolute Gasteiger partial charge is 0.497 e. The highest BCUT2D eigenvalue weighted by atomic mass is 32.2.